The zero-order valence-electron chi connectivity index (χ0n) is 18.5. The summed E-state index contributed by atoms with van der Waals surface area (Å²) >= 11 is 12.4. The predicted octanol–water partition coefficient (Wildman–Crippen LogP) is 7.46. The van der Waals surface area contributed by atoms with Crippen LogP contribution in [0.3, 0.4) is 0 Å². The molecule has 0 aliphatic heterocycles. The third-order valence-corrected chi connectivity index (χ3v) is 6.18. The first kappa shape index (κ1) is 22.8. The van der Waals surface area contributed by atoms with Crippen LogP contribution in [0.1, 0.15) is 5.76 Å². The number of carbonyl (C=O) groups excluding carboxylic acids is 1. The number of imidazole rings is 1. The van der Waals surface area contributed by atoms with E-state index in [-0.39, 0.29) is 5.91 Å². The molecular weight excluding hydrogens is 485 g/mol. The van der Waals surface area contributed by atoms with E-state index in [0.717, 1.165) is 16.6 Å². The number of rotatable bonds is 6. The van der Waals surface area contributed by atoms with Gasteiger partial charge in [0.05, 0.1) is 33.9 Å². The first-order chi connectivity index (χ1) is 17.0. The molecule has 0 bridgehead atoms. The van der Waals surface area contributed by atoms with E-state index in [1.165, 1.54) is 6.08 Å². The number of hydrogen-bond acceptors (Lipinski definition) is 4. The van der Waals surface area contributed by atoms with Crippen molar-refractivity contribution in [3.05, 3.63) is 94.7 Å². The average Bonchev–Trinajstić information content (AvgIpc) is 3.52. The lowest BCUT2D eigenvalue weighted by Crippen LogP contribution is -2.09. The SMILES string of the molecule is COc1ccc(-c2nc3ccccc3[nH]2)cc1NC(=O)/C=C/c1ccc(-c2cccc(Cl)c2Cl)o1. The van der Waals surface area contributed by atoms with Crippen LogP contribution in [0.15, 0.2) is 83.3 Å². The number of amides is 1. The van der Waals surface area contributed by atoms with Crippen molar-refractivity contribution >= 4 is 51.9 Å². The molecule has 0 fully saturated rings. The van der Waals surface area contributed by atoms with E-state index < -0.39 is 0 Å². The van der Waals surface area contributed by atoms with Gasteiger partial charge in [0.15, 0.2) is 0 Å². The zero-order chi connectivity index (χ0) is 24.4. The molecular formula is C27H19Cl2N3O3. The average molecular weight is 504 g/mol. The fraction of sp³-hybridized carbons (Fsp3) is 0.0370. The molecule has 0 saturated heterocycles. The lowest BCUT2D eigenvalue weighted by Gasteiger charge is -2.10. The highest BCUT2D eigenvalue weighted by atomic mass is 35.5. The highest BCUT2D eigenvalue weighted by molar-refractivity contribution is 6.43. The van der Waals surface area contributed by atoms with Crippen molar-refractivity contribution in [2.24, 2.45) is 0 Å². The summed E-state index contributed by atoms with van der Waals surface area (Å²) in [4.78, 5) is 20.6. The highest BCUT2D eigenvalue weighted by Crippen LogP contribution is 2.34. The molecule has 0 aliphatic carbocycles. The molecule has 0 aliphatic rings. The van der Waals surface area contributed by atoms with Crippen LogP contribution in [0, 0.1) is 0 Å². The number of anilines is 1. The maximum absolute atomic E-state index is 12.7. The van der Waals surface area contributed by atoms with Crippen LogP contribution in [-0.2, 0) is 4.79 Å². The normalized spacial score (nSPS) is 11.3. The van der Waals surface area contributed by atoms with Crippen LogP contribution in [0.4, 0.5) is 5.69 Å². The van der Waals surface area contributed by atoms with Crippen LogP contribution in [0.2, 0.25) is 10.0 Å². The Morgan fingerprint density at radius 1 is 1.06 bits per heavy atom. The number of furan rings is 1. The maximum Gasteiger partial charge on any atom is 0.248 e. The summed E-state index contributed by atoms with van der Waals surface area (Å²) in [5, 5.41) is 3.71. The smallest absolute Gasteiger partial charge is 0.248 e. The quantitative estimate of drug-likeness (QED) is 0.235. The zero-order valence-corrected chi connectivity index (χ0v) is 20.0. The largest absolute Gasteiger partial charge is 0.495 e. The van der Waals surface area contributed by atoms with Crippen molar-refractivity contribution < 1.29 is 13.9 Å². The highest BCUT2D eigenvalue weighted by Gasteiger charge is 2.12. The number of nitrogens with zero attached hydrogens (tertiary/aromatic N) is 1. The number of carbonyl (C=O) groups is 1. The van der Waals surface area contributed by atoms with Gasteiger partial charge in [0.1, 0.15) is 23.1 Å². The number of para-hydroxylation sites is 2. The Hall–Kier alpha value is -4.00. The lowest BCUT2D eigenvalue weighted by molar-refractivity contribution is -0.111. The van der Waals surface area contributed by atoms with Crippen LogP contribution < -0.4 is 10.1 Å². The van der Waals surface area contributed by atoms with Gasteiger partial charge >= 0.3 is 0 Å². The van der Waals surface area contributed by atoms with Gasteiger partial charge in [-0.15, -0.1) is 0 Å². The summed E-state index contributed by atoms with van der Waals surface area (Å²) in [5.41, 5.74) is 3.81. The molecule has 0 saturated carbocycles. The second-order valence-corrected chi connectivity index (χ2v) is 8.43. The van der Waals surface area contributed by atoms with Gasteiger partial charge in [0.2, 0.25) is 5.91 Å². The number of aromatic amines is 1. The number of H-pyrrole nitrogens is 1. The lowest BCUT2D eigenvalue weighted by atomic mass is 10.1. The molecule has 174 valence electrons. The molecule has 6 nitrogen and oxygen atoms in total. The third kappa shape index (κ3) is 4.80. The number of ether oxygens (including phenoxy) is 1. The van der Waals surface area contributed by atoms with E-state index in [0.29, 0.717) is 44.4 Å². The molecule has 2 N–H and O–H groups in total. The molecule has 0 atom stereocenters. The van der Waals surface area contributed by atoms with Crippen LogP contribution >= 0.6 is 23.2 Å². The summed E-state index contributed by atoms with van der Waals surface area (Å²) in [7, 11) is 1.55. The molecule has 5 aromatic rings. The van der Waals surface area contributed by atoms with Crippen molar-refractivity contribution in [2.45, 2.75) is 0 Å². The summed E-state index contributed by atoms with van der Waals surface area (Å²) < 4.78 is 11.2. The van der Waals surface area contributed by atoms with Crippen molar-refractivity contribution in [3.8, 4) is 28.5 Å². The van der Waals surface area contributed by atoms with Gasteiger partial charge in [0.25, 0.3) is 0 Å². The molecule has 0 radical (unpaired) electrons. The van der Waals surface area contributed by atoms with Gasteiger partial charge in [-0.05, 0) is 60.7 Å². The van der Waals surface area contributed by atoms with Gasteiger partial charge in [-0.25, -0.2) is 4.98 Å². The van der Waals surface area contributed by atoms with Crippen molar-refractivity contribution in [3.63, 3.8) is 0 Å². The molecule has 5 rings (SSSR count). The summed E-state index contributed by atoms with van der Waals surface area (Å²) in [5.74, 6) is 1.93. The fourth-order valence-corrected chi connectivity index (χ4v) is 4.05. The molecule has 2 heterocycles. The Kier molecular flexibility index (Phi) is 6.31. The minimum Gasteiger partial charge on any atom is -0.495 e. The van der Waals surface area contributed by atoms with Crippen molar-refractivity contribution in [2.75, 3.05) is 12.4 Å². The molecule has 0 unspecified atom stereocenters. The van der Waals surface area contributed by atoms with Crippen molar-refractivity contribution in [1.82, 2.24) is 9.97 Å². The second kappa shape index (κ2) is 9.70. The number of hydrogen-bond donors (Lipinski definition) is 2. The molecule has 2 aromatic heterocycles. The molecule has 3 aromatic carbocycles. The molecule has 35 heavy (non-hydrogen) atoms. The number of nitrogens with one attached hydrogen (secondary N) is 2. The number of benzene rings is 3. The Morgan fingerprint density at radius 3 is 2.74 bits per heavy atom. The van der Waals surface area contributed by atoms with E-state index in [1.54, 1.807) is 43.5 Å². The van der Waals surface area contributed by atoms with Crippen molar-refractivity contribution in [1.29, 1.82) is 0 Å². The second-order valence-electron chi connectivity index (χ2n) is 7.64. The Labute approximate surface area is 211 Å². The Morgan fingerprint density at radius 2 is 1.91 bits per heavy atom. The fourth-order valence-electron chi connectivity index (χ4n) is 3.66. The van der Waals surface area contributed by atoms with Crippen LogP contribution in [0.25, 0.3) is 39.8 Å². The molecule has 0 spiro atoms. The monoisotopic (exact) mass is 503 g/mol. The topological polar surface area (TPSA) is 80.1 Å². The minimum atomic E-state index is -0.344. The van der Waals surface area contributed by atoms with E-state index in [9.17, 15) is 4.79 Å². The van der Waals surface area contributed by atoms with Crippen LogP contribution in [0.5, 0.6) is 5.75 Å². The Bertz CT molecular complexity index is 1540. The molecule has 1 amide bonds. The number of fused-ring (bicyclic) bond motifs is 1. The number of halogens is 2. The number of methoxy groups -OCH3 is 1. The standard InChI is InChI=1S/C27H19Cl2N3O3/c1-34-24-12-9-16(27-31-20-7-2-3-8-21(20)32-27)15-22(24)30-25(33)14-11-17-10-13-23(35-17)18-5-4-6-19(28)26(18)29/h2-15H,1H3,(H,30,33)(H,31,32)/b14-11+. The van der Waals surface area contributed by atoms with E-state index in [4.69, 9.17) is 32.4 Å². The summed E-state index contributed by atoms with van der Waals surface area (Å²) in [6.45, 7) is 0. The number of aromatic nitrogens is 2. The Balaban J connectivity index is 1.34. The van der Waals surface area contributed by atoms with E-state index in [1.807, 2.05) is 42.5 Å². The predicted molar refractivity (Wildman–Crippen MR) is 140 cm³/mol. The summed E-state index contributed by atoms with van der Waals surface area (Å²) in [6, 6.07) is 22.1. The maximum atomic E-state index is 12.7. The van der Waals surface area contributed by atoms with Crippen LogP contribution in [-0.4, -0.2) is 23.0 Å². The van der Waals surface area contributed by atoms with Gasteiger partial charge in [-0.1, -0.05) is 41.4 Å². The van der Waals surface area contributed by atoms with E-state index >= 15 is 0 Å². The first-order valence-electron chi connectivity index (χ1n) is 10.7. The van der Waals surface area contributed by atoms with Gasteiger partial charge in [0, 0.05) is 17.2 Å². The van der Waals surface area contributed by atoms with E-state index in [2.05, 4.69) is 15.3 Å². The molecule has 8 heteroatoms. The van der Waals surface area contributed by atoms with Gasteiger partial charge in [-0.2, -0.15) is 0 Å². The van der Waals surface area contributed by atoms with Gasteiger partial charge in [-0.3, -0.25) is 4.79 Å². The summed E-state index contributed by atoms with van der Waals surface area (Å²) in [6.07, 6.45) is 2.96. The minimum absolute atomic E-state index is 0.344. The first-order valence-corrected chi connectivity index (χ1v) is 11.4. The third-order valence-electron chi connectivity index (χ3n) is 5.36. The van der Waals surface area contributed by atoms with Gasteiger partial charge < -0.3 is 19.5 Å².